The van der Waals surface area contributed by atoms with E-state index in [1.807, 2.05) is 0 Å². The number of aliphatic hydroxyl groups is 1. The summed E-state index contributed by atoms with van der Waals surface area (Å²) in [4.78, 5) is 25.2. The smallest absolute Gasteiger partial charge is 0.343 e. The molecule has 1 heterocycles. The zero-order valence-corrected chi connectivity index (χ0v) is 22.0. The fourth-order valence-electron chi connectivity index (χ4n) is 4.42. The molecule has 4 aromatic rings. The summed E-state index contributed by atoms with van der Waals surface area (Å²) in [7, 11) is 0. The van der Waals surface area contributed by atoms with Gasteiger partial charge in [-0.25, -0.2) is 9.59 Å². The molecule has 44 heavy (non-hydrogen) atoms. The molecule has 0 bridgehead atoms. The van der Waals surface area contributed by atoms with Crippen LogP contribution in [0.5, 0.6) is 69.0 Å². The molecule has 0 aliphatic carbocycles. The maximum atomic E-state index is 12.6. The van der Waals surface area contributed by atoms with Gasteiger partial charge in [-0.2, -0.15) is 0 Å². The van der Waals surface area contributed by atoms with E-state index in [-0.39, 0.29) is 34.6 Å². The lowest BCUT2D eigenvalue weighted by atomic mass is 9.93. The van der Waals surface area contributed by atoms with E-state index in [1.54, 1.807) is 0 Å². The van der Waals surface area contributed by atoms with Crippen LogP contribution in [0.1, 0.15) is 37.9 Å². The van der Waals surface area contributed by atoms with Crippen molar-refractivity contribution in [3.05, 3.63) is 70.8 Å². The molecule has 15 nitrogen and oxygen atoms in total. The van der Waals surface area contributed by atoms with E-state index in [2.05, 4.69) is 0 Å². The summed E-state index contributed by atoms with van der Waals surface area (Å²) in [6.45, 7) is 0. The average Bonchev–Trinajstić information content (AvgIpc) is 2.96. The minimum absolute atomic E-state index is 0.0189. The monoisotopic (exact) mass is 610 g/mol. The zero-order chi connectivity index (χ0) is 32.0. The minimum Gasteiger partial charge on any atom is -0.507 e. The molecule has 0 spiro atoms. The van der Waals surface area contributed by atoms with Crippen LogP contribution in [-0.2, 0) is 6.42 Å². The van der Waals surface area contributed by atoms with Gasteiger partial charge in [0.25, 0.3) is 0 Å². The highest BCUT2D eigenvalue weighted by atomic mass is 16.5. The van der Waals surface area contributed by atoms with Gasteiger partial charge in [0.1, 0.15) is 17.2 Å². The van der Waals surface area contributed by atoms with Crippen molar-refractivity contribution in [2.24, 2.45) is 0 Å². The average molecular weight is 610 g/mol. The summed E-state index contributed by atoms with van der Waals surface area (Å²) in [5.41, 5.74) is -0.673. The van der Waals surface area contributed by atoms with Gasteiger partial charge in [-0.15, -0.1) is 0 Å². The second kappa shape index (κ2) is 10.9. The highest BCUT2D eigenvalue weighted by Gasteiger charge is 2.34. The van der Waals surface area contributed by atoms with Gasteiger partial charge in [0, 0.05) is 29.7 Å². The molecule has 15 heteroatoms. The normalized spacial score (nSPS) is 15.6. The molecule has 0 saturated carbocycles. The standard InChI is InChI=1S/C29H22O15/c30-15-7-13(42-28(40)11-2-16(31)24(37)17(32)3-11)8-22-14(15)9-21(36)27(43-22)10-1-20(35)26(39)23(6-10)44-29(41)12-4-18(33)25(38)19(34)5-12/h1-8,21,27,30-39H,9H2/t21-,27+/m1/s1. The largest absolute Gasteiger partial charge is 0.507 e. The van der Waals surface area contributed by atoms with Crippen molar-refractivity contribution in [3.8, 4) is 69.0 Å². The van der Waals surface area contributed by atoms with Crippen LogP contribution in [0, 0.1) is 0 Å². The van der Waals surface area contributed by atoms with Crippen LogP contribution >= 0.6 is 0 Å². The summed E-state index contributed by atoms with van der Waals surface area (Å²) in [6, 6.07) is 7.56. The van der Waals surface area contributed by atoms with Crippen LogP contribution in [0.2, 0.25) is 0 Å². The van der Waals surface area contributed by atoms with Crippen LogP contribution in [-0.4, -0.2) is 69.1 Å². The Morgan fingerprint density at radius 2 is 1.11 bits per heavy atom. The first-order valence-corrected chi connectivity index (χ1v) is 12.4. The number of rotatable bonds is 5. The van der Waals surface area contributed by atoms with Crippen LogP contribution in [0.15, 0.2) is 48.5 Å². The fourth-order valence-corrected chi connectivity index (χ4v) is 4.42. The first-order chi connectivity index (χ1) is 20.7. The summed E-state index contributed by atoms with van der Waals surface area (Å²) < 4.78 is 16.1. The number of benzene rings is 4. The Morgan fingerprint density at radius 1 is 0.614 bits per heavy atom. The Hall–Kier alpha value is -6.22. The second-order valence-corrected chi connectivity index (χ2v) is 9.62. The number of carbonyl (C=O) groups excluding carboxylic acids is 2. The number of phenolic OH excluding ortho intramolecular Hbond substituents is 9. The number of fused-ring (bicyclic) bond motifs is 1. The molecule has 5 rings (SSSR count). The van der Waals surface area contributed by atoms with Crippen molar-refractivity contribution in [2.75, 3.05) is 0 Å². The number of aliphatic hydroxyl groups excluding tert-OH is 1. The molecule has 0 aromatic heterocycles. The molecular weight excluding hydrogens is 588 g/mol. The van der Waals surface area contributed by atoms with Crippen LogP contribution in [0.25, 0.3) is 0 Å². The lowest BCUT2D eigenvalue weighted by Gasteiger charge is -2.31. The highest BCUT2D eigenvalue weighted by Crippen LogP contribution is 2.46. The number of esters is 2. The second-order valence-electron chi connectivity index (χ2n) is 9.62. The van der Waals surface area contributed by atoms with Crippen molar-refractivity contribution in [1.82, 2.24) is 0 Å². The summed E-state index contributed by atoms with van der Waals surface area (Å²) in [6.07, 6.45) is -2.87. The summed E-state index contributed by atoms with van der Waals surface area (Å²) in [5, 5.41) is 99.6. The Labute approximate surface area is 245 Å². The molecule has 10 N–H and O–H groups in total. The molecule has 2 atom stereocenters. The predicted octanol–water partition coefficient (Wildman–Crippen LogP) is 2.51. The van der Waals surface area contributed by atoms with Crippen molar-refractivity contribution in [3.63, 3.8) is 0 Å². The Bertz CT molecular complexity index is 1780. The third-order valence-electron chi connectivity index (χ3n) is 6.61. The van der Waals surface area contributed by atoms with Crippen molar-refractivity contribution in [2.45, 2.75) is 18.6 Å². The molecule has 1 aliphatic heterocycles. The summed E-state index contributed by atoms with van der Waals surface area (Å²) >= 11 is 0. The number of carbonyl (C=O) groups is 2. The number of hydrogen-bond acceptors (Lipinski definition) is 15. The maximum Gasteiger partial charge on any atom is 0.343 e. The Balaban J connectivity index is 1.42. The Kier molecular flexibility index (Phi) is 7.24. The van der Waals surface area contributed by atoms with Crippen LogP contribution in [0.4, 0.5) is 0 Å². The van der Waals surface area contributed by atoms with Gasteiger partial charge >= 0.3 is 11.9 Å². The van der Waals surface area contributed by atoms with E-state index in [0.717, 1.165) is 42.5 Å². The molecule has 228 valence electrons. The van der Waals surface area contributed by atoms with Crippen LogP contribution in [0.3, 0.4) is 0 Å². The van der Waals surface area contributed by atoms with E-state index in [4.69, 9.17) is 14.2 Å². The number of phenols is 9. The number of aromatic hydroxyl groups is 9. The van der Waals surface area contributed by atoms with Crippen molar-refractivity contribution in [1.29, 1.82) is 0 Å². The Morgan fingerprint density at radius 3 is 1.66 bits per heavy atom. The molecule has 0 fully saturated rings. The molecule has 0 saturated heterocycles. The minimum atomic E-state index is -1.36. The van der Waals surface area contributed by atoms with Crippen LogP contribution < -0.4 is 14.2 Å². The van der Waals surface area contributed by atoms with E-state index in [9.17, 15) is 60.7 Å². The van der Waals surface area contributed by atoms with E-state index in [0.29, 0.717) is 0 Å². The third-order valence-corrected chi connectivity index (χ3v) is 6.61. The molecule has 1 aliphatic rings. The molecular formula is C29H22O15. The topological polar surface area (TPSA) is 264 Å². The molecule has 0 radical (unpaired) electrons. The van der Waals surface area contributed by atoms with E-state index >= 15 is 0 Å². The van der Waals surface area contributed by atoms with Gasteiger partial charge < -0.3 is 65.3 Å². The third kappa shape index (κ3) is 5.37. The van der Waals surface area contributed by atoms with Gasteiger partial charge in [-0.3, -0.25) is 0 Å². The predicted molar refractivity (Wildman–Crippen MR) is 144 cm³/mol. The molecule has 4 aromatic carbocycles. The van der Waals surface area contributed by atoms with Gasteiger partial charge in [-0.1, -0.05) is 0 Å². The van der Waals surface area contributed by atoms with E-state index < -0.39 is 87.2 Å². The molecule has 0 amide bonds. The number of hydrogen-bond donors (Lipinski definition) is 10. The SMILES string of the molecule is O=C(Oc1cc(O)c2c(c1)O[C@@H](c1cc(O)c(O)c(OC(=O)c3cc(O)c(O)c(O)c3)c1)[C@H](O)C2)c1cc(O)c(O)c(O)c1. The zero-order valence-electron chi connectivity index (χ0n) is 22.0. The van der Waals surface area contributed by atoms with Crippen molar-refractivity contribution < 1.29 is 74.9 Å². The van der Waals surface area contributed by atoms with Gasteiger partial charge in [0.05, 0.1) is 17.2 Å². The van der Waals surface area contributed by atoms with E-state index in [1.165, 1.54) is 6.07 Å². The van der Waals surface area contributed by atoms with Gasteiger partial charge in [0.15, 0.2) is 52.1 Å². The fraction of sp³-hybridized carbons (Fsp3) is 0.103. The first-order valence-electron chi connectivity index (χ1n) is 12.4. The van der Waals surface area contributed by atoms with Gasteiger partial charge in [0.2, 0.25) is 5.75 Å². The van der Waals surface area contributed by atoms with Gasteiger partial charge in [-0.05, 0) is 36.4 Å². The maximum absolute atomic E-state index is 12.6. The lowest BCUT2D eigenvalue weighted by molar-refractivity contribution is 0.0194. The summed E-state index contributed by atoms with van der Waals surface area (Å²) in [5.74, 6) is -10.3. The quantitative estimate of drug-likeness (QED) is 0.0884. The number of ether oxygens (including phenoxy) is 3. The first kappa shape index (κ1) is 29.3. The highest BCUT2D eigenvalue weighted by molar-refractivity contribution is 5.93. The lowest BCUT2D eigenvalue weighted by Crippen LogP contribution is -2.30. The molecule has 0 unspecified atom stereocenters. The van der Waals surface area contributed by atoms with Crippen molar-refractivity contribution >= 4 is 11.9 Å².